The lowest BCUT2D eigenvalue weighted by molar-refractivity contribution is 0.187. The molecule has 17 heavy (non-hydrogen) atoms. The molecule has 2 heteroatoms. The van der Waals surface area contributed by atoms with Gasteiger partial charge in [0.05, 0.1) is 6.10 Å². The fourth-order valence-corrected chi connectivity index (χ4v) is 1.91. The molecule has 0 aliphatic carbocycles. The molecule has 2 aromatic carbocycles. The van der Waals surface area contributed by atoms with E-state index >= 15 is 0 Å². The van der Waals surface area contributed by atoms with Gasteiger partial charge in [-0.05, 0) is 35.2 Å². The number of aliphatic hydroxyl groups excluding tert-OH is 1. The van der Waals surface area contributed by atoms with Gasteiger partial charge in [0.1, 0.15) is 0 Å². The van der Waals surface area contributed by atoms with Crippen LogP contribution in [0, 0.1) is 6.92 Å². The van der Waals surface area contributed by atoms with Crippen molar-refractivity contribution in [1.29, 1.82) is 0 Å². The molecule has 0 spiro atoms. The van der Waals surface area contributed by atoms with Crippen molar-refractivity contribution in [1.82, 2.24) is 0 Å². The molecule has 2 nitrogen and oxygen atoms in total. The van der Waals surface area contributed by atoms with E-state index in [0.717, 1.165) is 16.7 Å². The number of rotatable bonds is 3. The van der Waals surface area contributed by atoms with Gasteiger partial charge in [-0.1, -0.05) is 42.5 Å². The molecule has 0 aliphatic heterocycles. The van der Waals surface area contributed by atoms with Gasteiger partial charge in [0.15, 0.2) is 0 Å². The van der Waals surface area contributed by atoms with Gasteiger partial charge in [-0.3, -0.25) is 0 Å². The third-order valence-electron chi connectivity index (χ3n) is 2.95. The molecule has 1 unspecified atom stereocenters. The molecule has 2 aromatic rings. The summed E-state index contributed by atoms with van der Waals surface area (Å²) in [4.78, 5) is 0. The van der Waals surface area contributed by atoms with Gasteiger partial charge >= 0.3 is 0 Å². The SMILES string of the molecule is Cc1ccc(C(O)CN)cc1-c1ccccc1. The number of hydrogen-bond donors (Lipinski definition) is 2. The summed E-state index contributed by atoms with van der Waals surface area (Å²) in [7, 11) is 0. The Morgan fingerprint density at radius 2 is 1.82 bits per heavy atom. The Balaban J connectivity index is 2.47. The third-order valence-corrected chi connectivity index (χ3v) is 2.95. The normalized spacial score (nSPS) is 12.4. The number of aryl methyl sites for hydroxylation is 1. The second-order valence-corrected chi connectivity index (χ2v) is 4.19. The van der Waals surface area contributed by atoms with E-state index in [2.05, 4.69) is 19.1 Å². The number of hydrogen-bond acceptors (Lipinski definition) is 2. The summed E-state index contributed by atoms with van der Waals surface area (Å²) in [5.41, 5.74) is 9.86. The predicted octanol–water partition coefficient (Wildman–Crippen LogP) is 2.65. The average molecular weight is 227 g/mol. The number of aliphatic hydroxyl groups is 1. The predicted molar refractivity (Wildman–Crippen MR) is 70.6 cm³/mol. The maximum absolute atomic E-state index is 9.77. The van der Waals surface area contributed by atoms with E-state index in [9.17, 15) is 5.11 Å². The molecule has 0 amide bonds. The molecule has 2 rings (SSSR count). The summed E-state index contributed by atoms with van der Waals surface area (Å²) in [5.74, 6) is 0. The fraction of sp³-hybridized carbons (Fsp3) is 0.200. The molecular weight excluding hydrogens is 210 g/mol. The Kier molecular flexibility index (Phi) is 3.57. The van der Waals surface area contributed by atoms with Crippen LogP contribution in [0.15, 0.2) is 48.5 Å². The quantitative estimate of drug-likeness (QED) is 0.846. The first-order valence-corrected chi connectivity index (χ1v) is 5.76. The number of nitrogens with two attached hydrogens (primary N) is 1. The van der Waals surface area contributed by atoms with Crippen molar-refractivity contribution < 1.29 is 5.11 Å². The summed E-state index contributed by atoms with van der Waals surface area (Å²) >= 11 is 0. The zero-order valence-corrected chi connectivity index (χ0v) is 9.93. The van der Waals surface area contributed by atoms with Crippen molar-refractivity contribution in [2.45, 2.75) is 13.0 Å². The molecule has 88 valence electrons. The lowest BCUT2D eigenvalue weighted by Crippen LogP contribution is -2.11. The van der Waals surface area contributed by atoms with Gasteiger partial charge in [-0.25, -0.2) is 0 Å². The smallest absolute Gasteiger partial charge is 0.0912 e. The molecule has 0 bridgehead atoms. The topological polar surface area (TPSA) is 46.2 Å². The molecule has 0 fully saturated rings. The average Bonchev–Trinajstić information content (AvgIpc) is 2.39. The van der Waals surface area contributed by atoms with Crippen molar-refractivity contribution in [3.05, 3.63) is 59.7 Å². The van der Waals surface area contributed by atoms with Crippen LogP contribution in [0.25, 0.3) is 11.1 Å². The van der Waals surface area contributed by atoms with Crippen LogP contribution in [-0.2, 0) is 0 Å². The van der Waals surface area contributed by atoms with Gasteiger partial charge in [0.2, 0.25) is 0 Å². The van der Waals surface area contributed by atoms with Crippen molar-refractivity contribution in [3.8, 4) is 11.1 Å². The first-order chi connectivity index (χ1) is 8.22. The zero-order valence-electron chi connectivity index (χ0n) is 9.93. The van der Waals surface area contributed by atoms with Crippen LogP contribution in [-0.4, -0.2) is 11.7 Å². The molecule has 1 atom stereocenters. The van der Waals surface area contributed by atoms with Crippen LogP contribution in [0.2, 0.25) is 0 Å². The van der Waals surface area contributed by atoms with Gasteiger partial charge in [-0.15, -0.1) is 0 Å². The highest BCUT2D eigenvalue weighted by Crippen LogP contribution is 2.26. The van der Waals surface area contributed by atoms with Crippen LogP contribution >= 0.6 is 0 Å². The molecule has 0 heterocycles. The first-order valence-electron chi connectivity index (χ1n) is 5.76. The molecule has 0 saturated heterocycles. The van der Waals surface area contributed by atoms with Crippen molar-refractivity contribution in [2.24, 2.45) is 5.73 Å². The highest BCUT2D eigenvalue weighted by atomic mass is 16.3. The van der Waals surface area contributed by atoms with E-state index < -0.39 is 6.10 Å². The first kappa shape index (κ1) is 11.8. The van der Waals surface area contributed by atoms with E-state index in [-0.39, 0.29) is 6.54 Å². The summed E-state index contributed by atoms with van der Waals surface area (Å²) in [6.45, 7) is 2.32. The monoisotopic (exact) mass is 227 g/mol. The third kappa shape index (κ3) is 2.54. The van der Waals surface area contributed by atoms with E-state index in [1.807, 2.05) is 36.4 Å². The van der Waals surface area contributed by atoms with Gasteiger partial charge in [0, 0.05) is 6.54 Å². The van der Waals surface area contributed by atoms with Crippen LogP contribution in [0.5, 0.6) is 0 Å². The Morgan fingerprint density at radius 3 is 2.47 bits per heavy atom. The highest BCUT2D eigenvalue weighted by molar-refractivity contribution is 5.67. The maximum Gasteiger partial charge on any atom is 0.0912 e. The summed E-state index contributed by atoms with van der Waals surface area (Å²) in [6.07, 6.45) is -0.585. The lowest BCUT2D eigenvalue weighted by Gasteiger charge is -2.12. The highest BCUT2D eigenvalue weighted by Gasteiger charge is 2.08. The summed E-state index contributed by atoms with van der Waals surface area (Å²) in [5, 5.41) is 9.77. The van der Waals surface area contributed by atoms with E-state index in [1.165, 1.54) is 5.56 Å². The molecule has 0 aliphatic rings. The van der Waals surface area contributed by atoms with E-state index in [0.29, 0.717) is 0 Å². The maximum atomic E-state index is 9.77. The molecule has 3 N–H and O–H groups in total. The Bertz CT molecular complexity index is 494. The van der Waals surface area contributed by atoms with Crippen molar-refractivity contribution in [3.63, 3.8) is 0 Å². The second kappa shape index (κ2) is 5.13. The molecule has 0 aromatic heterocycles. The summed E-state index contributed by atoms with van der Waals surface area (Å²) < 4.78 is 0. The lowest BCUT2D eigenvalue weighted by atomic mass is 9.96. The van der Waals surface area contributed by atoms with Crippen LogP contribution in [0.4, 0.5) is 0 Å². The van der Waals surface area contributed by atoms with Crippen LogP contribution in [0.3, 0.4) is 0 Å². The zero-order chi connectivity index (χ0) is 12.3. The van der Waals surface area contributed by atoms with Crippen LogP contribution in [0.1, 0.15) is 17.2 Å². The molecule has 0 saturated carbocycles. The number of benzene rings is 2. The minimum Gasteiger partial charge on any atom is -0.387 e. The Labute approximate surface area is 102 Å². The summed E-state index contributed by atoms with van der Waals surface area (Å²) in [6, 6.07) is 16.1. The largest absolute Gasteiger partial charge is 0.387 e. The van der Waals surface area contributed by atoms with E-state index in [1.54, 1.807) is 0 Å². The van der Waals surface area contributed by atoms with Crippen molar-refractivity contribution >= 4 is 0 Å². The fourth-order valence-electron chi connectivity index (χ4n) is 1.91. The van der Waals surface area contributed by atoms with Gasteiger partial charge < -0.3 is 10.8 Å². The van der Waals surface area contributed by atoms with Gasteiger partial charge in [-0.2, -0.15) is 0 Å². The van der Waals surface area contributed by atoms with Crippen molar-refractivity contribution in [2.75, 3.05) is 6.54 Å². The minimum atomic E-state index is -0.585. The van der Waals surface area contributed by atoms with Gasteiger partial charge in [0.25, 0.3) is 0 Å². The van der Waals surface area contributed by atoms with Crippen LogP contribution < -0.4 is 5.73 Å². The molecular formula is C15H17NO. The minimum absolute atomic E-state index is 0.247. The molecule has 0 radical (unpaired) electrons. The second-order valence-electron chi connectivity index (χ2n) is 4.19. The standard InChI is InChI=1S/C15H17NO/c1-11-7-8-13(15(17)10-16)9-14(11)12-5-3-2-4-6-12/h2-9,15,17H,10,16H2,1H3. The Morgan fingerprint density at radius 1 is 1.12 bits per heavy atom. The van der Waals surface area contributed by atoms with E-state index in [4.69, 9.17) is 5.73 Å². The Hall–Kier alpha value is -1.64.